The zero-order valence-electron chi connectivity index (χ0n) is 14.7. The van der Waals surface area contributed by atoms with Crippen molar-refractivity contribution < 1.29 is 4.74 Å². The van der Waals surface area contributed by atoms with Crippen LogP contribution in [0.1, 0.15) is 23.2 Å². The van der Waals surface area contributed by atoms with Gasteiger partial charge in [-0.2, -0.15) is 0 Å². The number of nitrogens with zero attached hydrogens (tertiary/aromatic N) is 4. The van der Waals surface area contributed by atoms with E-state index in [9.17, 15) is 0 Å². The van der Waals surface area contributed by atoms with E-state index in [1.165, 1.54) is 11.3 Å². The van der Waals surface area contributed by atoms with Gasteiger partial charge in [0, 0.05) is 44.0 Å². The molecule has 1 saturated heterocycles. The summed E-state index contributed by atoms with van der Waals surface area (Å²) in [7, 11) is 3.96. The molecule has 0 bridgehead atoms. The molecule has 1 atom stereocenters. The normalized spacial score (nSPS) is 23.0. The van der Waals surface area contributed by atoms with Gasteiger partial charge in [-0.25, -0.2) is 9.97 Å². The Hall–Kier alpha value is -1.69. The number of hydrogen-bond acceptors (Lipinski definition) is 5. The third-order valence-electron chi connectivity index (χ3n) is 5.14. The van der Waals surface area contributed by atoms with E-state index >= 15 is 0 Å². The minimum absolute atomic E-state index is 0.0201. The fourth-order valence-electron chi connectivity index (χ4n) is 3.85. The number of rotatable bonds is 3. The Balaban J connectivity index is 1.58. The summed E-state index contributed by atoms with van der Waals surface area (Å²) < 4.78 is 5.91. The number of likely N-dealkylation sites (tertiary alicyclic amines) is 1. The minimum Gasteiger partial charge on any atom is -0.376 e. The second-order valence-electron chi connectivity index (χ2n) is 7.30. The number of fused-ring (bicyclic) bond motifs is 2. The fraction of sp³-hybridized carbons (Fsp3) is 0.474. The molecular weight excluding hydrogens is 336 g/mol. The summed E-state index contributed by atoms with van der Waals surface area (Å²) in [5.41, 5.74) is 3.57. The maximum atomic E-state index is 5.99. The minimum atomic E-state index is -0.0201. The predicted molar refractivity (Wildman–Crippen MR) is 99.0 cm³/mol. The van der Waals surface area contributed by atoms with Crippen LogP contribution in [0.2, 0.25) is 5.02 Å². The average Bonchev–Trinajstić information content (AvgIpc) is 3.00. The standard InChI is InChI=1S/C19H23ClN4O/c1-23(2)18-21-9-15-11-25-13-19(17(15)22-18)7-8-24(12-19)10-14-3-5-16(20)6-4-14/h3-6,9H,7-8,10-13H2,1-2H3/t19-/m0/s1. The third kappa shape index (κ3) is 3.24. The summed E-state index contributed by atoms with van der Waals surface area (Å²) in [5, 5.41) is 0.782. The number of hydrogen-bond donors (Lipinski definition) is 0. The molecule has 2 aliphatic rings. The Morgan fingerprint density at radius 2 is 2.08 bits per heavy atom. The summed E-state index contributed by atoms with van der Waals surface area (Å²) in [6.07, 6.45) is 3.00. The van der Waals surface area contributed by atoms with Crippen LogP contribution in [0, 0.1) is 0 Å². The monoisotopic (exact) mass is 358 g/mol. The molecule has 0 aliphatic carbocycles. The van der Waals surface area contributed by atoms with E-state index < -0.39 is 0 Å². The van der Waals surface area contributed by atoms with Gasteiger partial charge in [0.25, 0.3) is 0 Å². The zero-order valence-corrected chi connectivity index (χ0v) is 15.5. The molecule has 2 aliphatic heterocycles. The first-order chi connectivity index (χ1) is 12.1. The van der Waals surface area contributed by atoms with Crippen molar-refractivity contribution in [2.24, 2.45) is 0 Å². The highest BCUT2D eigenvalue weighted by Gasteiger charge is 2.44. The van der Waals surface area contributed by atoms with Crippen molar-refractivity contribution in [1.82, 2.24) is 14.9 Å². The topological polar surface area (TPSA) is 41.5 Å². The van der Waals surface area contributed by atoms with Gasteiger partial charge in [-0.15, -0.1) is 0 Å². The Morgan fingerprint density at radius 3 is 2.84 bits per heavy atom. The molecule has 0 saturated carbocycles. The van der Waals surface area contributed by atoms with Crippen molar-refractivity contribution in [1.29, 1.82) is 0 Å². The summed E-state index contributed by atoms with van der Waals surface area (Å²) in [6, 6.07) is 8.12. The van der Waals surface area contributed by atoms with Gasteiger partial charge in [0.1, 0.15) is 0 Å². The van der Waals surface area contributed by atoms with Crippen molar-refractivity contribution in [3.63, 3.8) is 0 Å². The third-order valence-corrected chi connectivity index (χ3v) is 5.39. The van der Waals surface area contributed by atoms with Crippen molar-refractivity contribution in [3.05, 3.63) is 52.3 Å². The molecule has 1 aromatic carbocycles. The lowest BCUT2D eigenvalue weighted by molar-refractivity contribution is 0.0503. The van der Waals surface area contributed by atoms with Gasteiger partial charge in [0.2, 0.25) is 5.95 Å². The average molecular weight is 359 g/mol. The number of benzene rings is 1. The molecule has 3 heterocycles. The smallest absolute Gasteiger partial charge is 0.225 e. The highest BCUT2D eigenvalue weighted by molar-refractivity contribution is 6.30. The molecule has 0 unspecified atom stereocenters. The Kier molecular flexibility index (Phi) is 4.40. The lowest BCUT2D eigenvalue weighted by Gasteiger charge is -2.34. The molecule has 0 radical (unpaired) electrons. The first kappa shape index (κ1) is 16.8. The highest BCUT2D eigenvalue weighted by atomic mass is 35.5. The van der Waals surface area contributed by atoms with Crippen molar-refractivity contribution >= 4 is 17.5 Å². The lowest BCUT2D eigenvalue weighted by atomic mass is 9.80. The molecule has 5 nitrogen and oxygen atoms in total. The highest BCUT2D eigenvalue weighted by Crippen LogP contribution is 2.39. The first-order valence-electron chi connectivity index (χ1n) is 8.64. The SMILES string of the molecule is CN(C)c1ncc2c(n1)[C@]1(CCN(Cc3ccc(Cl)cc3)C1)COC2. The number of aromatic nitrogens is 2. The van der Waals surface area contributed by atoms with Crippen LogP contribution >= 0.6 is 11.6 Å². The van der Waals surface area contributed by atoms with Crippen LogP contribution in [0.3, 0.4) is 0 Å². The van der Waals surface area contributed by atoms with Gasteiger partial charge in [-0.3, -0.25) is 4.90 Å². The molecule has 1 aromatic heterocycles. The molecule has 4 rings (SSSR count). The maximum absolute atomic E-state index is 5.99. The van der Waals surface area contributed by atoms with Crippen molar-refractivity contribution in [2.75, 3.05) is 38.7 Å². The van der Waals surface area contributed by atoms with Gasteiger partial charge in [0.05, 0.1) is 24.3 Å². The second kappa shape index (κ2) is 6.56. The summed E-state index contributed by atoms with van der Waals surface area (Å²) in [6.45, 7) is 4.29. The molecule has 0 amide bonds. The van der Waals surface area contributed by atoms with Crippen LogP contribution < -0.4 is 4.90 Å². The summed E-state index contributed by atoms with van der Waals surface area (Å²) >= 11 is 5.99. The van der Waals surface area contributed by atoms with Crippen LogP contribution in [0.4, 0.5) is 5.95 Å². The molecule has 0 N–H and O–H groups in total. The number of anilines is 1. The van der Waals surface area contributed by atoms with Crippen LogP contribution in [-0.4, -0.2) is 48.7 Å². The van der Waals surface area contributed by atoms with E-state index in [1.54, 1.807) is 0 Å². The van der Waals surface area contributed by atoms with E-state index in [4.69, 9.17) is 21.3 Å². The molecule has 132 valence electrons. The number of halogens is 1. The van der Waals surface area contributed by atoms with Crippen molar-refractivity contribution in [2.45, 2.75) is 25.0 Å². The van der Waals surface area contributed by atoms with E-state index in [-0.39, 0.29) is 5.41 Å². The van der Waals surface area contributed by atoms with E-state index in [0.717, 1.165) is 49.2 Å². The molecule has 6 heteroatoms. The zero-order chi connectivity index (χ0) is 17.4. The van der Waals surface area contributed by atoms with Gasteiger partial charge in [-0.1, -0.05) is 23.7 Å². The van der Waals surface area contributed by atoms with Crippen LogP contribution in [0.5, 0.6) is 0 Å². The second-order valence-corrected chi connectivity index (χ2v) is 7.73. The van der Waals surface area contributed by atoms with Crippen LogP contribution in [-0.2, 0) is 23.3 Å². The lowest BCUT2D eigenvalue weighted by Crippen LogP contribution is -2.40. The summed E-state index contributed by atoms with van der Waals surface area (Å²) in [5.74, 6) is 0.774. The Bertz CT molecular complexity index is 765. The van der Waals surface area contributed by atoms with Gasteiger partial charge < -0.3 is 9.64 Å². The predicted octanol–water partition coefficient (Wildman–Crippen LogP) is 2.87. The van der Waals surface area contributed by atoms with Crippen molar-refractivity contribution in [3.8, 4) is 0 Å². The van der Waals surface area contributed by atoms with Crippen LogP contribution in [0.25, 0.3) is 0 Å². The number of ether oxygens (including phenoxy) is 1. The van der Waals surface area contributed by atoms with E-state index in [0.29, 0.717) is 6.61 Å². The summed E-state index contributed by atoms with van der Waals surface area (Å²) in [4.78, 5) is 13.8. The van der Waals surface area contributed by atoms with Gasteiger partial charge >= 0.3 is 0 Å². The molecule has 2 aromatic rings. The largest absolute Gasteiger partial charge is 0.376 e. The fourth-order valence-corrected chi connectivity index (χ4v) is 3.98. The molecular formula is C19H23ClN4O. The van der Waals surface area contributed by atoms with E-state index in [1.807, 2.05) is 37.3 Å². The molecule has 1 fully saturated rings. The Labute approximate surface area is 153 Å². The first-order valence-corrected chi connectivity index (χ1v) is 9.02. The van der Waals surface area contributed by atoms with E-state index in [2.05, 4.69) is 22.0 Å². The molecule has 25 heavy (non-hydrogen) atoms. The van der Waals surface area contributed by atoms with Gasteiger partial charge in [-0.05, 0) is 30.7 Å². The maximum Gasteiger partial charge on any atom is 0.225 e. The van der Waals surface area contributed by atoms with Gasteiger partial charge in [0.15, 0.2) is 0 Å². The quantitative estimate of drug-likeness (QED) is 0.844. The Morgan fingerprint density at radius 1 is 1.28 bits per heavy atom. The van der Waals surface area contributed by atoms with Crippen LogP contribution in [0.15, 0.2) is 30.5 Å². The molecule has 1 spiro atoms.